The summed E-state index contributed by atoms with van der Waals surface area (Å²) < 4.78 is 2.09. The van der Waals surface area contributed by atoms with Crippen molar-refractivity contribution in [1.29, 1.82) is 5.41 Å². The monoisotopic (exact) mass is 422 g/mol. The number of allylic oxidation sites excluding steroid dienone is 2. The highest BCUT2D eigenvalue weighted by Gasteiger charge is 2.26. The van der Waals surface area contributed by atoms with Crippen LogP contribution in [0.2, 0.25) is 0 Å². The van der Waals surface area contributed by atoms with Crippen LogP contribution in [0.15, 0.2) is 30.6 Å². The zero-order valence-electron chi connectivity index (χ0n) is 18.8. The summed E-state index contributed by atoms with van der Waals surface area (Å²) in [7, 11) is 3.90. The van der Waals surface area contributed by atoms with E-state index in [-0.39, 0.29) is 6.04 Å². The van der Waals surface area contributed by atoms with E-state index in [1.165, 1.54) is 6.21 Å². The number of imidazole rings is 1. The predicted molar refractivity (Wildman–Crippen MR) is 127 cm³/mol. The number of rotatable bonds is 8. The van der Waals surface area contributed by atoms with Crippen molar-refractivity contribution in [1.82, 2.24) is 24.5 Å². The molecular weight excluding hydrogens is 392 g/mol. The lowest BCUT2D eigenvalue weighted by molar-refractivity contribution is 0.472. The summed E-state index contributed by atoms with van der Waals surface area (Å²) in [6.07, 6.45) is 8.34. The lowest BCUT2D eigenvalue weighted by atomic mass is 10.0. The Balaban J connectivity index is 2.30. The van der Waals surface area contributed by atoms with Crippen molar-refractivity contribution in [2.45, 2.75) is 39.3 Å². The predicted octanol–water partition coefficient (Wildman–Crippen LogP) is 3.00. The number of nitrogens with two attached hydrogens (primary N) is 1. The Morgan fingerprint density at radius 2 is 1.90 bits per heavy atom. The van der Waals surface area contributed by atoms with E-state index in [4.69, 9.17) is 21.2 Å². The van der Waals surface area contributed by atoms with Crippen LogP contribution in [-0.2, 0) is 5.54 Å². The van der Waals surface area contributed by atoms with Crippen molar-refractivity contribution in [2.75, 3.05) is 29.7 Å². The molecule has 5 N–H and O–H groups in total. The fourth-order valence-corrected chi connectivity index (χ4v) is 3.30. The zero-order chi connectivity index (χ0) is 22.8. The molecule has 0 unspecified atom stereocenters. The molecule has 31 heavy (non-hydrogen) atoms. The molecule has 3 aromatic heterocycles. The van der Waals surface area contributed by atoms with Crippen molar-refractivity contribution in [3.05, 3.63) is 30.6 Å². The first kappa shape index (κ1) is 22.2. The quantitative estimate of drug-likeness (QED) is 0.247. The maximum absolute atomic E-state index is 7.41. The van der Waals surface area contributed by atoms with E-state index in [0.29, 0.717) is 23.2 Å². The molecule has 0 radical (unpaired) electrons. The van der Waals surface area contributed by atoms with Crippen molar-refractivity contribution in [3.8, 4) is 11.5 Å². The summed E-state index contributed by atoms with van der Waals surface area (Å²) in [5.74, 6) is 8.10. The molecule has 0 saturated heterocycles. The summed E-state index contributed by atoms with van der Waals surface area (Å²) in [5.41, 5.74) is 4.35. The Hall–Kier alpha value is -3.53. The van der Waals surface area contributed by atoms with Gasteiger partial charge in [0.15, 0.2) is 17.5 Å². The third-order valence-corrected chi connectivity index (χ3v) is 4.72. The number of hydrogen-bond acceptors (Lipinski definition) is 9. The third-order valence-electron chi connectivity index (χ3n) is 4.72. The number of nitrogen functional groups attached to an aromatic ring is 1. The molecule has 0 saturated carbocycles. The second kappa shape index (κ2) is 8.68. The molecule has 0 fully saturated rings. The molecule has 0 aliphatic heterocycles. The molecule has 0 aromatic carbocycles. The molecule has 0 aliphatic carbocycles. The van der Waals surface area contributed by atoms with Crippen LogP contribution in [0.25, 0.3) is 22.6 Å². The maximum atomic E-state index is 7.41. The van der Waals surface area contributed by atoms with E-state index in [9.17, 15) is 0 Å². The smallest absolute Gasteiger partial charge is 0.183 e. The SMILES string of the molecule is CC(C)Nc1nc(-c2nc3cnc(N(C)C)cc3n2C(C)(C)/C=C\C=N)cnc1NN. The van der Waals surface area contributed by atoms with Crippen LogP contribution in [0, 0.1) is 5.41 Å². The number of hydrogen-bond donors (Lipinski definition) is 4. The minimum Gasteiger partial charge on any atom is -0.365 e. The van der Waals surface area contributed by atoms with E-state index in [1.807, 2.05) is 45.0 Å². The van der Waals surface area contributed by atoms with E-state index >= 15 is 0 Å². The molecule has 164 valence electrons. The summed E-state index contributed by atoms with van der Waals surface area (Å²) >= 11 is 0. The molecular formula is C21H30N10. The first-order valence-corrected chi connectivity index (χ1v) is 10.0. The molecule has 3 heterocycles. The van der Waals surface area contributed by atoms with Gasteiger partial charge in [-0.1, -0.05) is 6.08 Å². The van der Waals surface area contributed by atoms with Crippen molar-refractivity contribution >= 4 is 34.7 Å². The number of nitrogens with one attached hydrogen (secondary N) is 3. The highest BCUT2D eigenvalue weighted by atomic mass is 15.3. The summed E-state index contributed by atoms with van der Waals surface area (Å²) in [6.45, 7) is 8.15. The summed E-state index contributed by atoms with van der Waals surface area (Å²) in [4.78, 5) is 20.5. The normalized spacial score (nSPS) is 12.0. The fourth-order valence-electron chi connectivity index (χ4n) is 3.30. The van der Waals surface area contributed by atoms with Gasteiger partial charge in [-0.25, -0.2) is 25.8 Å². The van der Waals surface area contributed by atoms with Crippen LogP contribution in [0.1, 0.15) is 27.7 Å². The van der Waals surface area contributed by atoms with Gasteiger partial charge in [-0.3, -0.25) is 0 Å². The topological polar surface area (TPSA) is 134 Å². The highest BCUT2D eigenvalue weighted by molar-refractivity contribution is 5.83. The molecule has 3 rings (SSSR count). The number of pyridine rings is 1. The molecule has 10 nitrogen and oxygen atoms in total. The lowest BCUT2D eigenvalue weighted by Gasteiger charge is -2.26. The molecule has 0 atom stereocenters. The Kier molecular flexibility index (Phi) is 6.21. The average Bonchev–Trinajstić information content (AvgIpc) is 3.11. The van der Waals surface area contributed by atoms with Gasteiger partial charge in [-0.2, -0.15) is 0 Å². The van der Waals surface area contributed by atoms with Crippen molar-refractivity contribution in [3.63, 3.8) is 0 Å². The highest BCUT2D eigenvalue weighted by Crippen LogP contribution is 2.33. The third kappa shape index (κ3) is 4.48. The van der Waals surface area contributed by atoms with E-state index in [1.54, 1.807) is 18.5 Å². The zero-order valence-corrected chi connectivity index (χ0v) is 18.8. The molecule has 0 spiro atoms. The van der Waals surface area contributed by atoms with Gasteiger partial charge in [-0.15, -0.1) is 0 Å². The van der Waals surface area contributed by atoms with Crippen LogP contribution >= 0.6 is 0 Å². The average molecular weight is 423 g/mol. The van der Waals surface area contributed by atoms with Gasteiger partial charge in [0.05, 0.1) is 23.4 Å². The minimum atomic E-state index is -0.495. The van der Waals surface area contributed by atoms with E-state index in [0.717, 1.165) is 16.9 Å². The molecule has 0 bridgehead atoms. The maximum Gasteiger partial charge on any atom is 0.183 e. The fraction of sp³-hybridized carbons (Fsp3) is 0.381. The molecule has 0 aliphatic rings. The first-order chi connectivity index (χ1) is 14.7. The number of anilines is 3. The Labute approximate surface area is 182 Å². The standard InChI is InChI=1S/C21H30N10/c1-13(2)26-19-18(29-23)25-12-15(27-19)20-28-14-11-24-17(30(5)6)10-16(14)31(20)21(3,4)8-7-9-22/h7-13,22H,23H2,1-6H3,(H,25,29)(H,26,27)/b8-7-,22-9?. The van der Waals surface area contributed by atoms with Gasteiger partial charge >= 0.3 is 0 Å². The minimum absolute atomic E-state index is 0.147. The van der Waals surface area contributed by atoms with E-state index in [2.05, 4.69) is 39.1 Å². The Morgan fingerprint density at radius 3 is 2.52 bits per heavy atom. The van der Waals surface area contributed by atoms with Crippen LogP contribution < -0.4 is 21.5 Å². The Bertz CT molecular complexity index is 1110. The van der Waals surface area contributed by atoms with Gasteiger partial charge in [0.1, 0.15) is 17.0 Å². The first-order valence-electron chi connectivity index (χ1n) is 10.0. The van der Waals surface area contributed by atoms with Crippen LogP contribution in [0.3, 0.4) is 0 Å². The van der Waals surface area contributed by atoms with Crippen molar-refractivity contribution in [2.24, 2.45) is 5.84 Å². The van der Waals surface area contributed by atoms with Crippen LogP contribution in [0.5, 0.6) is 0 Å². The lowest BCUT2D eigenvalue weighted by Crippen LogP contribution is -2.25. The number of aromatic nitrogens is 5. The molecule has 0 amide bonds. The second-order valence-corrected chi connectivity index (χ2v) is 8.27. The number of hydrazine groups is 1. The molecule has 3 aromatic rings. The van der Waals surface area contributed by atoms with Gasteiger partial charge in [0.2, 0.25) is 0 Å². The molecule has 10 heteroatoms. The Morgan fingerprint density at radius 1 is 1.16 bits per heavy atom. The number of fused-ring (bicyclic) bond motifs is 1. The summed E-state index contributed by atoms with van der Waals surface area (Å²) in [6, 6.07) is 2.15. The summed E-state index contributed by atoms with van der Waals surface area (Å²) in [5, 5.41) is 10.7. The second-order valence-electron chi connectivity index (χ2n) is 8.27. The number of nitrogens with zero attached hydrogens (tertiary/aromatic N) is 6. The van der Waals surface area contributed by atoms with Gasteiger partial charge in [0, 0.05) is 32.4 Å². The van der Waals surface area contributed by atoms with E-state index < -0.39 is 5.54 Å². The van der Waals surface area contributed by atoms with Crippen molar-refractivity contribution < 1.29 is 0 Å². The van der Waals surface area contributed by atoms with Crippen LogP contribution in [-0.4, -0.2) is 50.9 Å². The van der Waals surface area contributed by atoms with Gasteiger partial charge in [0.25, 0.3) is 0 Å². The largest absolute Gasteiger partial charge is 0.365 e. The van der Waals surface area contributed by atoms with Crippen LogP contribution in [0.4, 0.5) is 17.5 Å². The van der Waals surface area contributed by atoms with Gasteiger partial charge < -0.3 is 25.6 Å². The van der Waals surface area contributed by atoms with Gasteiger partial charge in [-0.05, 0) is 33.8 Å².